The van der Waals surface area contributed by atoms with E-state index in [0.717, 1.165) is 24.4 Å². The average Bonchev–Trinajstić information content (AvgIpc) is 2.27. The van der Waals surface area contributed by atoms with Gasteiger partial charge in [-0.2, -0.15) is 0 Å². The van der Waals surface area contributed by atoms with Crippen molar-refractivity contribution in [2.45, 2.75) is 46.1 Å². The fraction of sp³-hybridized carbons (Fsp3) is 1.00. The van der Waals surface area contributed by atoms with Gasteiger partial charge < -0.3 is 10.6 Å². The predicted octanol–water partition coefficient (Wildman–Crippen LogP) is 2.09. The smallest absolute Gasteiger partial charge is 0.00925 e. The molecule has 0 aromatic heterocycles. The molecule has 1 rings (SSSR count). The van der Waals surface area contributed by atoms with Crippen LogP contribution in [0.3, 0.4) is 0 Å². The first-order valence-electron chi connectivity index (χ1n) is 6.13. The number of piperidine rings is 1. The lowest BCUT2D eigenvalue weighted by Gasteiger charge is -2.38. The fourth-order valence-electron chi connectivity index (χ4n) is 2.36. The van der Waals surface area contributed by atoms with Crippen molar-refractivity contribution in [1.82, 2.24) is 4.90 Å². The van der Waals surface area contributed by atoms with Crippen LogP contribution in [-0.4, -0.2) is 30.6 Å². The second-order valence-electron chi connectivity index (χ2n) is 4.87. The molecule has 0 bridgehead atoms. The van der Waals surface area contributed by atoms with Crippen molar-refractivity contribution in [3.05, 3.63) is 0 Å². The summed E-state index contributed by atoms with van der Waals surface area (Å²) in [6, 6.07) is 0.731. The molecular weight excluding hydrogens is 172 g/mol. The second kappa shape index (κ2) is 5.72. The highest BCUT2D eigenvalue weighted by atomic mass is 15.2. The van der Waals surface area contributed by atoms with Gasteiger partial charge in [0.05, 0.1) is 0 Å². The van der Waals surface area contributed by atoms with Gasteiger partial charge in [0, 0.05) is 12.6 Å². The van der Waals surface area contributed by atoms with Crippen LogP contribution in [0.1, 0.15) is 40.0 Å². The summed E-state index contributed by atoms with van der Waals surface area (Å²) in [4.78, 5) is 2.63. The van der Waals surface area contributed by atoms with E-state index in [-0.39, 0.29) is 0 Å². The summed E-state index contributed by atoms with van der Waals surface area (Å²) in [5, 5.41) is 0. The molecule has 84 valence electrons. The van der Waals surface area contributed by atoms with Gasteiger partial charge in [0.2, 0.25) is 0 Å². The molecule has 3 atom stereocenters. The minimum Gasteiger partial charge on any atom is -0.330 e. The zero-order chi connectivity index (χ0) is 10.6. The van der Waals surface area contributed by atoms with Crippen molar-refractivity contribution in [2.24, 2.45) is 17.6 Å². The van der Waals surface area contributed by atoms with Gasteiger partial charge in [-0.25, -0.2) is 0 Å². The molecule has 3 unspecified atom stereocenters. The number of nitrogens with two attached hydrogens (primary N) is 1. The summed E-state index contributed by atoms with van der Waals surface area (Å²) < 4.78 is 0. The largest absolute Gasteiger partial charge is 0.330 e. The van der Waals surface area contributed by atoms with Gasteiger partial charge in [0.15, 0.2) is 0 Å². The summed E-state index contributed by atoms with van der Waals surface area (Å²) >= 11 is 0. The molecule has 1 aliphatic rings. The molecular formula is C12H26N2. The summed E-state index contributed by atoms with van der Waals surface area (Å²) in [5.74, 6) is 1.56. The zero-order valence-electron chi connectivity index (χ0n) is 10.00. The maximum absolute atomic E-state index is 5.75. The Balaban J connectivity index is 2.42. The van der Waals surface area contributed by atoms with Crippen LogP contribution in [0.5, 0.6) is 0 Å². The molecule has 1 fully saturated rings. The van der Waals surface area contributed by atoms with Gasteiger partial charge in [-0.1, -0.05) is 20.3 Å². The van der Waals surface area contributed by atoms with Crippen molar-refractivity contribution >= 4 is 0 Å². The molecule has 2 nitrogen and oxygen atoms in total. The fourth-order valence-corrected chi connectivity index (χ4v) is 2.36. The van der Waals surface area contributed by atoms with E-state index in [1.54, 1.807) is 0 Å². The minimum absolute atomic E-state index is 0.731. The maximum Gasteiger partial charge on any atom is 0.00925 e. The standard InChI is InChI=1S/C12H26N2/c1-4-10(2)11(3)14-7-5-6-12(8-13)9-14/h10-12H,4-9,13H2,1-3H3. The number of likely N-dealkylation sites (tertiary alicyclic amines) is 1. The monoisotopic (exact) mass is 198 g/mol. The van der Waals surface area contributed by atoms with E-state index in [0.29, 0.717) is 0 Å². The summed E-state index contributed by atoms with van der Waals surface area (Å²) in [6.07, 6.45) is 3.95. The van der Waals surface area contributed by atoms with Crippen molar-refractivity contribution in [2.75, 3.05) is 19.6 Å². The Morgan fingerprint density at radius 1 is 1.43 bits per heavy atom. The molecule has 0 spiro atoms. The normalized spacial score (nSPS) is 28.7. The van der Waals surface area contributed by atoms with Crippen molar-refractivity contribution in [1.29, 1.82) is 0 Å². The first-order chi connectivity index (χ1) is 6.69. The van der Waals surface area contributed by atoms with E-state index in [4.69, 9.17) is 5.73 Å². The topological polar surface area (TPSA) is 29.3 Å². The Kier molecular flexibility index (Phi) is 4.90. The highest BCUT2D eigenvalue weighted by Crippen LogP contribution is 2.21. The van der Waals surface area contributed by atoms with Gasteiger partial charge in [0.25, 0.3) is 0 Å². The molecule has 2 N–H and O–H groups in total. The first-order valence-corrected chi connectivity index (χ1v) is 6.13. The Hall–Kier alpha value is -0.0800. The average molecular weight is 198 g/mol. The van der Waals surface area contributed by atoms with E-state index < -0.39 is 0 Å². The van der Waals surface area contributed by atoms with Gasteiger partial charge in [-0.15, -0.1) is 0 Å². The summed E-state index contributed by atoms with van der Waals surface area (Å²) in [7, 11) is 0. The lowest BCUT2D eigenvalue weighted by molar-refractivity contribution is 0.102. The van der Waals surface area contributed by atoms with Gasteiger partial charge in [-0.3, -0.25) is 0 Å². The molecule has 0 radical (unpaired) electrons. The quantitative estimate of drug-likeness (QED) is 0.749. The molecule has 1 aliphatic heterocycles. The van der Waals surface area contributed by atoms with Crippen LogP contribution in [0.25, 0.3) is 0 Å². The van der Waals surface area contributed by atoms with Crippen molar-refractivity contribution < 1.29 is 0 Å². The SMILES string of the molecule is CCC(C)C(C)N1CCCC(CN)C1. The third-order valence-corrected chi connectivity index (χ3v) is 3.93. The molecule has 1 heterocycles. The van der Waals surface area contributed by atoms with E-state index in [2.05, 4.69) is 25.7 Å². The van der Waals surface area contributed by atoms with Crippen LogP contribution >= 0.6 is 0 Å². The van der Waals surface area contributed by atoms with Gasteiger partial charge >= 0.3 is 0 Å². The van der Waals surface area contributed by atoms with Crippen LogP contribution in [0, 0.1) is 11.8 Å². The molecule has 0 aromatic rings. The third kappa shape index (κ3) is 2.96. The Bertz CT molecular complexity index is 156. The Morgan fingerprint density at radius 2 is 2.14 bits per heavy atom. The van der Waals surface area contributed by atoms with Crippen molar-refractivity contribution in [3.8, 4) is 0 Å². The van der Waals surface area contributed by atoms with Gasteiger partial charge in [-0.05, 0) is 44.7 Å². The summed E-state index contributed by atoms with van der Waals surface area (Å²) in [5.41, 5.74) is 5.75. The minimum atomic E-state index is 0.731. The van der Waals surface area contributed by atoms with Gasteiger partial charge in [0.1, 0.15) is 0 Å². The lowest BCUT2D eigenvalue weighted by atomic mass is 9.93. The molecule has 14 heavy (non-hydrogen) atoms. The lowest BCUT2D eigenvalue weighted by Crippen LogP contribution is -2.45. The van der Waals surface area contributed by atoms with Crippen LogP contribution in [0.15, 0.2) is 0 Å². The predicted molar refractivity (Wildman–Crippen MR) is 62.3 cm³/mol. The van der Waals surface area contributed by atoms with Crippen LogP contribution in [0.2, 0.25) is 0 Å². The molecule has 0 saturated carbocycles. The maximum atomic E-state index is 5.75. The number of hydrogen-bond acceptors (Lipinski definition) is 2. The number of nitrogens with zero attached hydrogens (tertiary/aromatic N) is 1. The molecule has 0 aromatic carbocycles. The third-order valence-electron chi connectivity index (χ3n) is 3.93. The molecule has 0 aliphatic carbocycles. The molecule has 2 heteroatoms. The highest BCUT2D eigenvalue weighted by Gasteiger charge is 2.24. The van der Waals surface area contributed by atoms with E-state index in [1.807, 2.05) is 0 Å². The number of hydrogen-bond donors (Lipinski definition) is 1. The first kappa shape index (κ1) is 12.0. The van der Waals surface area contributed by atoms with Crippen LogP contribution in [-0.2, 0) is 0 Å². The Morgan fingerprint density at radius 3 is 2.71 bits per heavy atom. The van der Waals surface area contributed by atoms with E-state index in [1.165, 1.54) is 32.4 Å². The van der Waals surface area contributed by atoms with E-state index in [9.17, 15) is 0 Å². The summed E-state index contributed by atoms with van der Waals surface area (Å²) in [6.45, 7) is 10.4. The highest BCUT2D eigenvalue weighted by molar-refractivity contribution is 4.79. The molecule has 0 amide bonds. The van der Waals surface area contributed by atoms with E-state index >= 15 is 0 Å². The zero-order valence-corrected chi connectivity index (χ0v) is 10.00. The van der Waals surface area contributed by atoms with Crippen molar-refractivity contribution in [3.63, 3.8) is 0 Å². The second-order valence-corrected chi connectivity index (χ2v) is 4.87. The van der Waals surface area contributed by atoms with Crippen LogP contribution in [0.4, 0.5) is 0 Å². The molecule has 1 saturated heterocycles. The number of rotatable bonds is 4. The Labute approximate surface area is 88.8 Å². The van der Waals surface area contributed by atoms with Crippen LogP contribution < -0.4 is 5.73 Å².